The molecular weight excluding hydrogens is 186 g/mol. The van der Waals surface area contributed by atoms with Crippen molar-refractivity contribution in [3.8, 4) is 11.4 Å². The van der Waals surface area contributed by atoms with Crippen molar-refractivity contribution in [2.75, 3.05) is 0 Å². The first kappa shape index (κ1) is 8.74. The van der Waals surface area contributed by atoms with E-state index >= 15 is 0 Å². The van der Waals surface area contributed by atoms with Crippen molar-refractivity contribution in [3.05, 3.63) is 48.3 Å². The summed E-state index contributed by atoms with van der Waals surface area (Å²) in [6, 6.07) is 5.93. The molecule has 0 saturated carbocycles. The molecule has 0 saturated heterocycles. The van der Waals surface area contributed by atoms with Crippen LogP contribution in [0, 0.1) is 11.6 Å². The van der Waals surface area contributed by atoms with Crippen LogP contribution in [0.2, 0.25) is 0 Å². The molecule has 0 spiro atoms. The molecular formula is C10H6F2N2. The zero-order valence-electron chi connectivity index (χ0n) is 7.11. The van der Waals surface area contributed by atoms with Crippen LogP contribution in [-0.2, 0) is 0 Å². The van der Waals surface area contributed by atoms with Crippen LogP contribution in [-0.4, -0.2) is 9.97 Å². The molecule has 2 aromatic heterocycles. The van der Waals surface area contributed by atoms with Gasteiger partial charge in [-0.25, -0.2) is 8.78 Å². The number of hydrogen-bond acceptors (Lipinski definition) is 2. The quantitative estimate of drug-likeness (QED) is 0.693. The average Bonchev–Trinajstić information content (AvgIpc) is 2.23. The summed E-state index contributed by atoms with van der Waals surface area (Å²) in [6.07, 6.45) is 2.71. The van der Waals surface area contributed by atoms with Crippen molar-refractivity contribution in [1.29, 1.82) is 0 Å². The molecule has 0 N–H and O–H groups in total. The summed E-state index contributed by atoms with van der Waals surface area (Å²) in [7, 11) is 0. The number of rotatable bonds is 1. The first-order valence-corrected chi connectivity index (χ1v) is 4.00. The first-order chi connectivity index (χ1) is 6.79. The summed E-state index contributed by atoms with van der Waals surface area (Å²) in [5.41, 5.74) is 0.259. The Bertz CT molecular complexity index is 443. The molecule has 2 nitrogen and oxygen atoms in total. The average molecular weight is 192 g/mol. The molecule has 2 rings (SSSR count). The highest BCUT2D eigenvalue weighted by atomic mass is 19.2. The van der Waals surface area contributed by atoms with E-state index in [0.29, 0.717) is 5.69 Å². The monoisotopic (exact) mass is 192 g/mol. The lowest BCUT2D eigenvalue weighted by Crippen LogP contribution is -1.94. The molecule has 4 heteroatoms. The SMILES string of the molecule is Fc1ccnc(-c2ccccn2)c1F. The van der Waals surface area contributed by atoms with Crippen molar-refractivity contribution in [1.82, 2.24) is 9.97 Å². The second-order valence-corrected chi connectivity index (χ2v) is 2.67. The van der Waals surface area contributed by atoms with Gasteiger partial charge in [0.2, 0.25) is 0 Å². The van der Waals surface area contributed by atoms with Crippen LogP contribution in [0.3, 0.4) is 0 Å². The highest BCUT2D eigenvalue weighted by molar-refractivity contribution is 5.54. The fraction of sp³-hybridized carbons (Fsp3) is 0. The smallest absolute Gasteiger partial charge is 0.186 e. The van der Waals surface area contributed by atoms with Crippen LogP contribution in [0.4, 0.5) is 8.78 Å². The Morgan fingerprint density at radius 1 is 0.929 bits per heavy atom. The normalized spacial score (nSPS) is 10.1. The molecule has 0 amide bonds. The fourth-order valence-corrected chi connectivity index (χ4v) is 1.10. The second-order valence-electron chi connectivity index (χ2n) is 2.67. The number of nitrogens with zero attached hydrogens (tertiary/aromatic N) is 2. The van der Waals surface area contributed by atoms with E-state index in [2.05, 4.69) is 9.97 Å². The Hall–Kier alpha value is -1.84. The molecule has 0 bridgehead atoms. The zero-order valence-corrected chi connectivity index (χ0v) is 7.11. The second kappa shape index (κ2) is 3.49. The number of aromatic nitrogens is 2. The van der Waals surface area contributed by atoms with Crippen LogP contribution in [0.5, 0.6) is 0 Å². The Morgan fingerprint density at radius 2 is 1.79 bits per heavy atom. The number of halogens is 2. The van der Waals surface area contributed by atoms with Gasteiger partial charge in [-0.15, -0.1) is 0 Å². The summed E-state index contributed by atoms with van der Waals surface area (Å²) >= 11 is 0. The zero-order chi connectivity index (χ0) is 9.97. The molecule has 0 aromatic carbocycles. The largest absolute Gasteiger partial charge is 0.255 e. The maximum Gasteiger partial charge on any atom is 0.186 e. The summed E-state index contributed by atoms with van der Waals surface area (Å²) in [6.45, 7) is 0. The Morgan fingerprint density at radius 3 is 2.50 bits per heavy atom. The van der Waals surface area contributed by atoms with Gasteiger partial charge < -0.3 is 0 Å². The molecule has 2 heterocycles. The van der Waals surface area contributed by atoms with E-state index in [1.54, 1.807) is 18.2 Å². The van der Waals surface area contributed by atoms with E-state index in [1.165, 1.54) is 12.4 Å². The van der Waals surface area contributed by atoms with E-state index in [0.717, 1.165) is 6.07 Å². The molecule has 2 aromatic rings. The molecule has 0 fully saturated rings. The first-order valence-electron chi connectivity index (χ1n) is 4.00. The molecule has 0 atom stereocenters. The van der Waals surface area contributed by atoms with E-state index in [1.807, 2.05) is 0 Å². The number of hydrogen-bond donors (Lipinski definition) is 0. The van der Waals surface area contributed by atoms with E-state index < -0.39 is 11.6 Å². The summed E-state index contributed by atoms with van der Waals surface area (Å²) in [4.78, 5) is 7.61. The molecule has 70 valence electrons. The Labute approximate surface area is 79.3 Å². The third kappa shape index (κ3) is 1.46. The van der Waals surface area contributed by atoms with Crippen LogP contribution in [0.25, 0.3) is 11.4 Å². The van der Waals surface area contributed by atoms with Crippen molar-refractivity contribution >= 4 is 0 Å². The molecule has 0 radical (unpaired) electrons. The van der Waals surface area contributed by atoms with Gasteiger partial charge >= 0.3 is 0 Å². The fourth-order valence-electron chi connectivity index (χ4n) is 1.10. The van der Waals surface area contributed by atoms with Crippen molar-refractivity contribution in [2.45, 2.75) is 0 Å². The van der Waals surface area contributed by atoms with Crippen molar-refractivity contribution in [2.24, 2.45) is 0 Å². The van der Waals surface area contributed by atoms with Crippen molar-refractivity contribution in [3.63, 3.8) is 0 Å². The predicted octanol–water partition coefficient (Wildman–Crippen LogP) is 2.42. The maximum atomic E-state index is 13.2. The lowest BCUT2D eigenvalue weighted by Gasteiger charge is -2.00. The minimum absolute atomic E-state index is 0.0643. The van der Waals surface area contributed by atoms with Crippen LogP contribution in [0.1, 0.15) is 0 Å². The Kier molecular flexibility index (Phi) is 2.18. The van der Waals surface area contributed by atoms with Gasteiger partial charge in [-0.05, 0) is 18.2 Å². The van der Waals surface area contributed by atoms with Gasteiger partial charge in [0.1, 0.15) is 5.69 Å². The third-order valence-electron chi connectivity index (χ3n) is 1.75. The molecule has 14 heavy (non-hydrogen) atoms. The van der Waals surface area contributed by atoms with Gasteiger partial charge in [-0.1, -0.05) is 6.07 Å². The third-order valence-corrected chi connectivity index (χ3v) is 1.75. The molecule has 0 aliphatic heterocycles. The van der Waals surface area contributed by atoms with Gasteiger partial charge in [-0.2, -0.15) is 0 Å². The minimum Gasteiger partial charge on any atom is -0.255 e. The van der Waals surface area contributed by atoms with E-state index in [4.69, 9.17) is 0 Å². The van der Waals surface area contributed by atoms with Crippen LogP contribution in [0.15, 0.2) is 36.7 Å². The molecule has 0 aliphatic carbocycles. The topological polar surface area (TPSA) is 25.8 Å². The lowest BCUT2D eigenvalue weighted by atomic mass is 10.2. The van der Waals surface area contributed by atoms with Gasteiger partial charge in [0, 0.05) is 12.4 Å². The summed E-state index contributed by atoms with van der Waals surface area (Å²) in [5.74, 6) is -1.88. The van der Waals surface area contributed by atoms with Gasteiger partial charge in [0.15, 0.2) is 11.6 Å². The lowest BCUT2D eigenvalue weighted by molar-refractivity contribution is 0.506. The number of pyridine rings is 2. The van der Waals surface area contributed by atoms with Crippen LogP contribution >= 0.6 is 0 Å². The molecule has 0 unspecified atom stereocenters. The minimum atomic E-state index is -0.966. The van der Waals surface area contributed by atoms with Gasteiger partial charge in [-0.3, -0.25) is 9.97 Å². The van der Waals surface area contributed by atoms with E-state index in [9.17, 15) is 8.78 Å². The Balaban J connectivity index is 2.58. The van der Waals surface area contributed by atoms with Gasteiger partial charge in [0.25, 0.3) is 0 Å². The molecule has 0 aliphatic rings. The van der Waals surface area contributed by atoms with Crippen molar-refractivity contribution < 1.29 is 8.78 Å². The van der Waals surface area contributed by atoms with Crippen LogP contribution < -0.4 is 0 Å². The van der Waals surface area contributed by atoms with E-state index in [-0.39, 0.29) is 5.69 Å². The summed E-state index contributed by atoms with van der Waals surface area (Å²) < 4.78 is 26.0. The maximum absolute atomic E-state index is 13.2. The highest BCUT2D eigenvalue weighted by Gasteiger charge is 2.11. The highest BCUT2D eigenvalue weighted by Crippen LogP contribution is 2.18. The van der Waals surface area contributed by atoms with Gasteiger partial charge in [0.05, 0.1) is 5.69 Å². The predicted molar refractivity (Wildman–Crippen MR) is 47.4 cm³/mol. The standard InChI is InChI=1S/C10H6F2N2/c11-7-4-6-14-10(9(7)12)8-3-1-2-5-13-8/h1-6H. The summed E-state index contributed by atoms with van der Waals surface area (Å²) in [5, 5.41) is 0.